The fraction of sp³-hybridized carbons (Fsp3) is 0.200. The molecule has 0 spiro atoms. The summed E-state index contributed by atoms with van der Waals surface area (Å²) in [6.07, 6.45) is 1.92. The van der Waals surface area contributed by atoms with E-state index in [4.69, 9.17) is 11.6 Å². The van der Waals surface area contributed by atoms with Crippen LogP contribution in [0.15, 0.2) is 30.9 Å². The van der Waals surface area contributed by atoms with Gasteiger partial charge < -0.3 is 0 Å². The highest BCUT2D eigenvalue weighted by Gasteiger charge is 2.05. The Labute approximate surface area is 91.8 Å². The first-order valence-electron chi connectivity index (χ1n) is 3.72. The third-order valence-corrected chi connectivity index (χ3v) is 3.02. The molecule has 0 saturated carbocycles. The standard InChI is InChI=1S/C10H10ClI/c1-3-7(2)9-6-8(11)4-5-10(9)12/h3-7H,1H2,2H3. The van der Waals surface area contributed by atoms with Crippen LogP contribution in [0.4, 0.5) is 0 Å². The summed E-state index contributed by atoms with van der Waals surface area (Å²) in [6.45, 7) is 5.87. The molecule has 0 amide bonds. The molecule has 0 radical (unpaired) electrons. The largest absolute Gasteiger partial charge is 0.102 e. The summed E-state index contributed by atoms with van der Waals surface area (Å²) >= 11 is 8.19. The summed E-state index contributed by atoms with van der Waals surface area (Å²) in [5.74, 6) is 0.371. The predicted octanol–water partition coefficient (Wildman–Crippen LogP) is 4.23. The summed E-state index contributed by atoms with van der Waals surface area (Å²) in [6, 6.07) is 5.93. The third kappa shape index (κ3) is 2.23. The van der Waals surface area contributed by atoms with Crippen molar-refractivity contribution in [1.29, 1.82) is 0 Å². The van der Waals surface area contributed by atoms with E-state index < -0.39 is 0 Å². The average Bonchev–Trinajstić information content (AvgIpc) is 2.08. The van der Waals surface area contributed by atoms with Crippen molar-refractivity contribution < 1.29 is 0 Å². The van der Waals surface area contributed by atoms with Gasteiger partial charge in [-0.25, -0.2) is 0 Å². The lowest BCUT2D eigenvalue weighted by Crippen LogP contribution is -1.92. The topological polar surface area (TPSA) is 0 Å². The van der Waals surface area contributed by atoms with Crippen molar-refractivity contribution in [3.05, 3.63) is 45.0 Å². The molecule has 0 aliphatic heterocycles. The molecule has 0 fully saturated rings. The van der Waals surface area contributed by atoms with Crippen molar-refractivity contribution in [2.75, 3.05) is 0 Å². The highest BCUT2D eigenvalue weighted by atomic mass is 127. The zero-order valence-electron chi connectivity index (χ0n) is 6.85. The van der Waals surface area contributed by atoms with E-state index in [1.165, 1.54) is 9.13 Å². The Morgan fingerprint density at radius 1 is 1.58 bits per heavy atom. The molecular weight excluding hydrogens is 282 g/mol. The summed E-state index contributed by atoms with van der Waals surface area (Å²) in [5.41, 5.74) is 1.25. The van der Waals surface area contributed by atoms with E-state index in [2.05, 4.69) is 36.1 Å². The minimum atomic E-state index is 0.371. The first-order chi connectivity index (χ1) is 5.65. The molecule has 1 aromatic rings. The Hall–Kier alpha value is -0.0200. The van der Waals surface area contributed by atoms with Crippen LogP contribution in [0.5, 0.6) is 0 Å². The number of hydrogen-bond acceptors (Lipinski definition) is 0. The van der Waals surface area contributed by atoms with Gasteiger partial charge >= 0.3 is 0 Å². The number of allylic oxidation sites excluding steroid dienone is 1. The van der Waals surface area contributed by atoms with Gasteiger partial charge in [-0.3, -0.25) is 0 Å². The molecule has 0 N–H and O–H groups in total. The van der Waals surface area contributed by atoms with E-state index in [-0.39, 0.29) is 0 Å². The minimum Gasteiger partial charge on any atom is -0.102 e. The summed E-state index contributed by atoms with van der Waals surface area (Å²) < 4.78 is 1.24. The molecule has 2 heteroatoms. The monoisotopic (exact) mass is 292 g/mol. The Morgan fingerprint density at radius 3 is 2.83 bits per heavy atom. The molecule has 64 valence electrons. The third-order valence-electron chi connectivity index (χ3n) is 1.80. The van der Waals surface area contributed by atoms with Gasteiger partial charge in [0.2, 0.25) is 0 Å². The summed E-state index contributed by atoms with van der Waals surface area (Å²) in [5, 5.41) is 0.791. The van der Waals surface area contributed by atoms with E-state index >= 15 is 0 Å². The molecule has 0 nitrogen and oxygen atoms in total. The molecule has 1 rings (SSSR count). The molecule has 1 atom stereocenters. The van der Waals surface area contributed by atoms with Crippen molar-refractivity contribution >= 4 is 34.2 Å². The van der Waals surface area contributed by atoms with Gasteiger partial charge in [-0.15, -0.1) is 6.58 Å². The zero-order chi connectivity index (χ0) is 9.14. The van der Waals surface area contributed by atoms with Crippen LogP contribution in [-0.2, 0) is 0 Å². The Balaban J connectivity index is 3.12. The fourth-order valence-electron chi connectivity index (χ4n) is 0.991. The number of hydrogen-bond donors (Lipinski definition) is 0. The van der Waals surface area contributed by atoms with Crippen LogP contribution in [0.1, 0.15) is 18.4 Å². The smallest absolute Gasteiger partial charge is 0.0409 e. The van der Waals surface area contributed by atoms with Gasteiger partial charge in [-0.1, -0.05) is 24.6 Å². The van der Waals surface area contributed by atoms with Crippen molar-refractivity contribution in [2.45, 2.75) is 12.8 Å². The Kier molecular flexibility index (Phi) is 3.59. The lowest BCUT2D eigenvalue weighted by atomic mass is 10.0. The Bertz CT molecular complexity index is 294. The molecule has 0 saturated heterocycles. The number of halogens is 2. The molecule has 1 aromatic carbocycles. The fourth-order valence-corrected chi connectivity index (χ4v) is 2.00. The van der Waals surface area contributed by atoms with Crippen LogP contribution in [0.25, 0.3) is 0 Å². The van der Waals surface area contributed by atoms with Gasteiger partial charge in [-0.05, 0) is 52.3 Å². The first kappa shape index (κ1) is 10.1. The quantitative estimate of drug-likeness (QED) is 0.565. The maximum atomic E-state index is 5.88. The van der Waals surface area contributed by atoms with Crippen LogP contribution < -0.4 is 0 Å². The average molecular weight is 293 g/mol. The second kappa shape index (κ2) is 4.28. The molecular formula is C10H10ClI. The van der Waals surface area contributed by atoms with E-state index in [0.717, 1.165) is 5.02 Å². The van der Waals surface area contributed by atoms with Gasteiger partial charge in [0.25, 0.3) is 0 Å². The lowest BCUT2D eigenvalue weighted by Gasteiger charge is -2.08. The van der Waals surface area contributed by atoms with Crippen LogP contribution in [0.2, 0.25) is 5.02 Å². The van der Waals surface area contributed by atoms with Crippen LogP contribution in [0, 0.1) is 3.57 Å². The molecule has 0 aliphatic rings. The van der Waals surface area contributed by atoms with Gasteiger partial charge in [-0.2, -0.15) is 0 Å². The van der Waals surface area contributed by atoms with Crippen molar-refractivity contribution in [1.82, 2.24) is 0 Å². The summed E-state index contributed by atoms with van der Waals surface area (Å²) in [4.78, 5) is 0. The van der Waals surface area contributed by atoms with Gasteiger partial charge in [0.15, 0.2) is 0 Å². The SMILES string of the molecule is C=CC(C)c1cc(Cl)ccc1I. The van der Waals surface area contributed by atoms with E-state index in [1.54, 1.807) is 0 Å². The summed E-state index contributed by atoms with van der Waals surface area (Å²) in [7, 11) is 0. The van der Waals surface area contributed by atoms with Crippen molar-refractivity contribution in [3.63, 3.8) is 0 Å². The number of benzene rings is 1. The highest BCUT2D eigenvalue weighted by Crippen LogP contribution is 2.25. The maximum absolute atomic E-state index is 5.88. The number of rotatable bonds is 2. The molecule has 0 bridgehead atoms. The van der Waals surface area contributed by atoms with Gasteiger partial charge in [0.05, 0.1) is 0 Å². The molecule has 0 heterocycles. The second-order valence-electron chi connectivity index (χ2n) is 2.69. The maximum Gasteiger partial charge on any atom is 0.0409 e. The normalized spacial score (nSPS) is 12.6. The highest BCUT2D eigenvalue weighted by molar-refractivity contribution is 14.1. The van der Waals surface area contributed by atoms with Gasteiger partial charge in [0.1, 0.15) is 0 Å². The second-order valence-corrected chi connectivity index (χ2v) is 4.29. The zero-order valence-corrected chi connectivity index (χ0v) is 9.76. The van der Waals surface area contributed by atoms with E-state index in [0.29, 0.717) is 5.92 Å². The van der Waals surface area contributed by atoms with Gasteiger partial charge in [0, 0.05) is 8.59 Å². The van der Waals surface area contributed by atoms with Crippen molar-refractivity contribution in [2.24, 2.45) is 0 Å². The predicted molar refractivity (Wildman–Crippen MR) is 62.8 cm³/mol. The minimum absolute atomic E-state index is 0.371. The first-order valence-corrected chi connectivity index (χ1v) is 5.18. The molecule has 0 aromatic heterocycles. The van der Waals surface area contributed by atoms with Crippen LogP contribution in [-0.4, -0.2) is 0 Å². The van der Waals surface area contributed by atoms with E-state index in [9.17, 15) is 0 Å². The van der Waals surface area contributed by atoms with Crippen LogP contribution >= 0.6 is 34.2 Å². The van der Waals surface area contributed by atoms with Crippen molar-refractivity contribution in [3.8, 4) is 0 Å². The molecule has 1 unspecified atom stereocenters. The van der Waals surface area contributed by atoms with Crippen LogP contribution in [0.3, 0.4) is 0 Å². The molecule has 12 heavy (non-hydrogen) atoms. The lowest BCUT2D eigenvalue weighted by molar-refractivity contribution is 0.962. The van der Waals surface area contributed by atoms with E-state index in [1.807, 2.05) is 24.3 Å². The Morgan fingerprint density at radius 2 is 2.25 bits per heavy atom. The molecule has 0 aliphatic carbocycles.